The van der Waals surface area contributed by atoms with Crippen molar-refractivity contribution in [2.75, 3.05) is 7.05 Å². The van der Waals surface area contributed by atoms with Crippen LogP contribution in [0.4, 0.5) is 0 Å². The van der Waals surface area contributed by atoms with E-state index in [-0.39, 0.29) is 11.4 Å². The zero-order valence-electron chi connectivity index (χ0n) is 10.6. The van der Waals surface area contributed by atoms with E-state index >= 15 is 0 Å². The van der Waals surface area contributed by atoms with E-state index < -0.39 is 10.0 Å². The van der Waals surface area contributed by atoms with E-state index in [1.54, 1.807) is 24.4 Å². The maximum atomic E-state index is 12.0. The predicted octanol–water partition coefficient (Wildman–Crippen LogP) is 1.24. The molecule has 2 aromatic rings. The summed E-state index contributed by atoms with van der Waals surface area (Å²) in [6, 6.07) is 3.36. The Bertz CT molecular complexity index is 646. The van der Waals surface area contributed by atoms with Crippen LogP contribution in [0.2, 0.25) is 0 Å². The van der Waals surface area contributed by atoms with Crippen LogP contribution in [0.15, 0.2) is 26.9 Å². The molecule has 0 aliphatic carbocycles. The Labute approximate surface area is 115 Å². The van der Waals surface area contributed by atoms with Crippen molar-refractivity contribution >= 4 is 21.4 Å². The molecular weight excluding hydrogens is 286 g/mol. The summed E-state index contributed by atoms with van der Waals surface area (Å²) in [4.78, 5) is 1.25. The highest BCUT2D eigenvalue weighted by molar-refractivity contribution is 7.89. The smallest absolute Gasteiger partial charge is 0.241 e. The molecule has 0 unspecified atom stereocenters. The first-order valence-corrected chi connectivity index (χ1v) is 8.01. The fourth-order valence-electron chi connectivity index (χ4n) is 1.52. The van der Waals surface area contributed by atoms with Crippen molar-refractivity contribution in [1.29, 1.82) is 0 Å². The molecule has 8 heteroatoms. The minimum absolute atomic E-state index is 0.122. The molecular formula is C11H15N3O3S2. The van der Waals surface area contributed by atoms with Gasteiger partial charge in [-0.25, -0.2) is 13.1 Å². The lowest BCUT2D eigenvalue weighted by atomic mass is 10.4. The first-order chi connectivity index (χ1) is 9.01. The van der Waals surface area contributed by atoms with E-state index in [9.17, 15) is 8.42 Å². The summed E-state index contributed by atoms with van der Waals surface area (Å²) in [7, 11) is -1.68. The molecule has 0 spiro atoms. The molecule has 2 rings (SSSR count). The number of nitrogens with zero attached hydrogens (tertiary/aromatic N) is 1. The number of nitrogens with one attached hydrogen (secondary N) is 2. The van der Waals surface area contributed by atoms with Crippen molar-refractivity contribution in [1.82, 2.24) is 15.2 Å². The number of thiophene rings is 1. The molecule has 0 atom stereocenters. The second-order valence-corrected chi connectivity index (χ2v) is 6.80. The van der Waals surface area contributed by atoms with Gasteiger partial charge in [0.05, 0.1) is 17.1 Å². The SMILES string of the molecule is CNCc1cc(S(=O)(=O)NCc2cc(C)on2)cs1. The second-order valence-electron chi connectivity index (χ2n) is 4.03. The molecule has 2 N–H and O–H groups in total. The lowest BCUT2D eigenvalue weighted by Crippen LogP contribution is -2.22. The summed E-state index contributed by atoms with van der Waals surface area (Å²) in [6.45, 7) is 2.54. The Hall–Kier alpha value is -1.22. The lowest BCUT2D eigenvalue weighted by molar-refractivity contribution is 0.390. The van der Waals surface area contributed by atoms with Gasteiger partial charge in [0.15, 0.2) is 0 Å². The first kappa shape index (κ1) is 14.2. The maximum absolute atomic E-state index is 12.0. The quantitative estimate of drug-likeness (QED) is 0.838. The minimum atomic E-state index is -3.50. The van der Waals surface area contributed by atoms with Gasteiger partial charge in [0.1, 0.15) is 5.76 Å². The van der Waals surface area contributed by atoms with Crippen LogP contribution in [0.3, 0.4) is 0 Å². The molecule has 2 aromatic heterocycles. The van der Waals surface area contributed by atoms with Crippen LogP contribution in [-0.2, 0) is 23.1 Å². The number of hydrogen-bond donors (Lipinski definition) is 2. The monoisotopic (exact) mass is 301 g/mol. The number of rotatable bonds is 6. The topological polar surface area (TPSA) is 84.2 Å². The van der Waals surface area contributed by atoms with Crippen molar-refractivity contribution in [2.45, 2.75) is 24.9 Å². The highest BCUT2D eigenvalue weighted by Gasteiger charge is 2.16. The Morgan fingerprint density at radius 2 is 2.16 bits per heavy atom. The summed E-state index contributed by atoms with van der Waals surface area (Å²) < 4.78 is 31.5. The Morgan fingerprint density at radius 3 is 2.79 bits per heavy atom. The van der Waals surface area contributed by atoms with Crippen LogP contribution in [0.5, 0.6) is 0 Å². The van der Waals surface area contributed by atoms with E-state index in [0.717, 1.165) is 4.88 Å². The molecule has 0 saturated carbocycles. The summed E-state index contributed by atoms with van der Waals surface area (Å²) in [5.41, 5.74) is 0.562. The molecule has 0 aliphatic heterocycles. The van der Waals surface area contributed by atoms with Gasteiger partial charge in [-0.2, -0.15) is 0 Å². The van der Waals surface area contributed by atoms with Gasteiger partial charge < -0.3 is 9.84 Å². The van der Waals surface area contributed by atoms with Gasteiger partial charge >= 0.3 is 0 Å². The molecule has 0 amide bonds. The van der Waals surface area contributed by atoms with Gasteiger partial charge in [-0.15, -0.1) is 11.3 Å². The normalized spacial score (nSPS) is 11.9. The van der Waals surface area contributed by atoms with Gasteiger partial charge in [-0.1, -0.05) is 5.16 Å². The number of aryl methyl sites for hydroxylation is 1. The van der Waals surface area contributed by atoms with E-state index in [4.69, 9.17) is 4.52 Å². The fourth-order valence-corrected chi connectivity index (χ4v) is 3.81. The van der Waals surface area contributed by atoms with Crippen molar-refractivity contribution in [3.8, 4) is 0 Å². The Morgan fingerprint density at radius 1 is 1.37 bits per heavy atom. The van der Waals surface area contributed by atoms with Crippen molar-refractivity contribution in [3.63, 3.8) is 0 Å². The largest absolute Gasteiger partial charge is 0.361 e. The zero-order chi connectivity index (χ0) is 13.9. The van der Waals surface area contributed by atoms with Crippen LogP contribution < -0.4 is 10.0 Å². The maximum Gasteiger partial charge on any atom is 0.241 e. The molecule has 104 valence electrons. The van der Waals surface area contributed by atoms with E-state index in [2.05, 4.69) is 15.2 Å². The molecule has 0 radical (unpaired) electrons. The summed E-state index contributed by atoms with van der Waals surface area (Å²) >= 11 is 1.41. The Balaban J connectivity index is 2.04. The van der Waals surface area contributed by atoms with Gasteiger partial charge in [0.2, 0.25) is 10.0 Å². The van der Waals surface area contributed by atoms with Gasteiger partial charge in [-0.05, 0) is 20.0 Å². The van der Waals surface area contributed by atoms with E-state index in [1.807, 2.05) is 7.05 Å². The minimum Gasteiger partial charge on any atom is -0.361 e. The van der Waals surface area contributed by atoms with E-state index in [1.165, 1.54) is 11.3 Å². The van der Waals surface area contributed by atoms with Crippen LogP contribution in [0.25, 0.3) is 0 Å². The average molecular weight is 301 g/mol. The number of sulfonamides is 1. The van der Waals surface area contributed by atoms with Crippen molar-refractivity contribution in [3.05, 3.63) is 33.8 Å². The number of aromatic nitrogens is 1. The highest BCUT2D eigenvalue weighted by atomic mass is 32.2. The molecule has 6 nitrogen and oxygen atoms in total. The molecule has 0 aliphatic rings. The number of hydrogen-bond acceptors (Lipinski definition) is 6. The van der Waals surface area contributed by atoms with Crippen LogP contribution in [-0.4, -0.2) is 20.6 Å². The summed E-state index contributed by atoms with van der Waals surface area (Å²) in [6.07, 6.45) is 0. The van der Waals surface area contributed by atoms with Gasteiger partial charge in [0, 0.05) is 22.9 Å². The predicted molar refractivity (Wildman–Crippen MR) is 72.3 cm³/mol. The first-order valence-electron chi connectivity index (χ1n) is 5.65. The summed E-state index contributed by atoms with van der Waals surface area (Å²) in [5.74, 6) is 0.654. The average Bonchev–Trinajstić information content (AvgIpc) is 2.97. The van der Waals surface area contributed by atoms with Crippen LogP contribution >= 0.6 is 11.3 Å². The molecule has 2 heterocycles. The van der Waals surface area contributed by atoms with Crippen LogP contribution in [0, 0.1) is 6.92 Å². The lowest BCUT2D eigenvalue weighted by Gasteiger charge is -2.02. The molecule has 0 saturated heterocycles. The van der Waals surface area contributed by atoms with Gasteiger partial charge in [-0.3, -0.25) is 0 Å². The third kappa shape index (κ3) is 3.63. The third-order valence-corrected chi connectivity index (χ3v) is 4.88. The fraction of sp³-hybridized carbons (Fsp3) is 0.364. The summed E-state index contributed by atoms with van der Waals surface area (Å²) in [5, 5.41) is 8.35. The van der Waals surface area contributed by atoms with E-state index in [0.29, 0.717) is 18.0 Å². The Kier molecular flexibility index (Phi) is 4.35. The highest BCUT2D eigenvalue weighted by Crippen LogP contribution is 2.19. The molecule has 0 aromatic carbocycles. The van der Waals surface area contributed by atoms with Crippen molar-refractivity contribution < 1.29 is 12.9 Å². The molecule has 0 fully saturated rings. The zero-order valence-corrected chi connectivity index (χ0v) is 12.3. The van der Waals surface area contributed by atoms with Crippen LogP contribution in [0.1, 0.15) is 16.3 Å². The van der Waals surface area contributed by atoms with Crippen molar-refractivity contribution in [2.24, 2.45) is 0 Å². The molecule has 19 heavy (non-hydrogen) atoms. The third-order valence-electron chi connectivity index (χ3n) is 2.41. The standard InChI is InChI=1S/C11H15N3O3S2/c1-8-3-9(14-17-8)5-13-19(15,16)11-4-10(6-12-2)18-7-11/h3-4,7,12-13H,5-6H2,1-2H3. The second kappa shape index (κ2) is 5.83. The van der Waals surface area contributed by atoms with Gasteiger partial charge in [0.25, 0.3) is 0 Å². The molecule has 0 bridgehead atoms.